The third-order valence-corrected chi connectivity index (χ3v) is 4.74. The molecule has 1 rings (SSSR count). The minimum atomic E-state index is -1.97. The van der Waals surface area contributed by atoms with Crippen LogP contribution in [0.5, 0.6) is 0 Å². The van der Waals surface area contributed by atoms with E-state index in [0.717, 1.165) is 6.42 Å². The number of alkyl halides is 3. The molecule has 4 nitrogen and oxygen atoms in total. The quantitative estimate of drug-likeness (QED) is 0.429. The van der Waals surface area contributed by atoms with Crippen molar-refractivity contribution in [2.24, 2.45) is 5.92 Å². The van der Waals surface area contributed by atoms with Crippen molar-refractivity contribution in [1.29, 1.82) is 0 Å². The van der Waals surface area contributed by atoms with Gasteiger partial charge in [0, 0.05) is 19.1 Å². The lowest BCUT2D eigenvalue weighted by Crippen LogP contribution is -2.49. The summed E-state index contributed by atoms with van der Waals surface area (Å²) in [5.41, 5.74) is 0. The Morgan fingerprint density at radius 2 is 1.95 bits per heavy atom. The van der Waals surface area contributed by atoms with Crippen LogP contribution in [0.3, 0.4) is 0 Å². The van der Waals surface area contributed by atoms with E-state index in [-0.39, 0.29) is 18.1 Å². The van der Waals surface area contributed by atoms with Crippen LogP contribution < -0.4 is 5.32 Å². The van der Waals surface area contributed by atoms with Gasteiger partial charge in [0.15, 0.2) is 8.32 Å². The molecule has 0 saturated heterocycles. The molecule has 3 atom stereocenters. The number of nitrogens with one attached hydrogen (secondary N) is 1. The highest BCUT2D eigenvalue weighted by Gasteiger charge is 2.35. The summed E-state index contributed by atoms with van der Waals surface area (Å²) in [7, 11) is -1.55. The highest BCUT2D eigenvalue weighted by atomic mass is 35.6. The van der Waals surface area contributed by atoms with Gasteiger partial charge in [-0.05, 0) is 33.0 Å². The van der Waals surface area contributed by atoms with Gasteiger partial charge in [-0.15, -0.1) is 0 Å². The molecular weight excluding hydrogens is 365 g/mol. The molecule has 0 aromatic carbocycles. The maximum Gasteiger partial charge on any atom is 0.272 e. The number of carbonyl (C=O) groups excluding carboxylic acids is 1. The standard InChI is InChI=1S/C14H24Cl3NO3Si/c1-5-20-12-8-10(9-21-22(2,3)4)6-7-11(12)18-13(19)14(15,16)17/h6-7,10-12H,5,8-9H2,1-4H3,(H,18,19)/t10-,11-,12+/m1/s1. The Bertz CT molecular complexity index is 407. The molecular formula is C14H24Cl3NO3Si. The fourth-order valence-electron chi connectivity index (χ4n) is 2.17. The van der Waals surface area contributed by atoms with Crippen molar-refractivity contribution >= 4 is 49.0 Å². The summed E-state index contributed by atoms with van der Waals surface area (Å²) in [4.78, 5) is 11.8. The zero-order valence-electron chi connectivity index (χ0n) is 13.4. The van der Waals surface area contributed by atoms with Crippen LogP contribution in [0, 0.1) is 5.92 Å². The van der Waals surface area contributed by atoms with Gasteiger partial charge in [0.1, 0.15) is 0 Å². The summed E-state index contributed by atoms with van der Waals surface area (Å²) in [5, 5.41) is 2.71. The molecule has 0 spiro atoms. The minimum absolute atomic E-state index is 0.151. The SMILES string of the molecule is CCO[C@H]1C[C@H](CO[Si](C)(C)C)C=C[C@H]1NC(=O)C(Cl)(Cl)Cl. The first-order chi connectivity index (χ1) is 10.0. The second-order valence-electron chi connectivity index (χ2n) is 6.29. The fraction of sp³-hybridized carbons (Fsp3) is 0.786. The van der Waals surface area contributed by atoms with Crippen molar-refractivity contribution in [3.63, 3.8) is 0 Å². The van der Waals surface area contributed by atoms with Crippen LogP contribution in [0.4, 0.5) is 0 Å². The van der Waals surface area contributed by atoms with E-state index >= 15 is 0 Å². The first kappa shape index (κ1) is 20.3. The van der Waals surface area contributed by atoms with Crippen molar-refractivity contribution in [2.75, 3.05) is 13.2 Å². The summed E-state index contributed by atoms with van der Waals surface area (Å²) in [5.74, 6) is -0.377. The summed E-state index contributed by atoms with van der Waals surface area (Å²) in [6.07, 6.45) is 4.55. The summed E-state index contributed by atoms with van der Waals surface area (Å²) in [6, 6.07) is -0.300. The number of hydrogen-bond donors (Lipinski definition) is 1. The topological polar surface area (TPSA) is 47.6 Å². The lowest BCUT2D eigenvalue weighted by molar-refractivity contribution is -0.121. The second kappa shape index (κ2) is 8.35. The third kappa shape index (κ3) is 7.19. The largest absolute Gasteiger partial charge is 0.417 e. The zero-order chi connectivity index (χ0) is 17.0. The van der Waals surface area contributed by atoms with Crippen LogP contribution >= 0.6 is 34.8 Å². The Hall–Kier alpha value is 0.217. The molecule has 0 unspecified atom stereocenters. The van der Waals surface area contributed by atoms with Gasteiger partial charge >= 0.3 is 0 Å². The van der Waals surface area contributed by atoms with Gasteiger partial charge in [-0.2, -0.15) is 0 Å². The molecule has 0 heterocycles. The summed E-state index contributed by atoms with van der Waals surface area (Å²) >= 11 is 16.8. The van der Waals surface area contributed by atoms with Crippen LogP contribution in [0.1, 0.15) is 13.3 Å². The van der Waals surface area contributed by atoms with Crippen LogP contribution in [-0.2, 0) is 14.0 Å². The molecule has 0 radical (unpaired) electrons. The van der Waals surface area contributed by atoms with E-state index in [1.54, 1.807) is 0 Å². The van der Waals surface area contributed by atoms with Crippen molar-refractivity contribution in [3.8, 4) is 0 Å². The van der Waals surface area contributed by atoms with Crippen LogP contribution in [0.25, 0.3) is 0 Å². The maximum absolute atomic E-state index is 11.8. The van der Waals surface area contributed by atoms with E-state index in [4.69, 9.17) is 44.0 Å². The molecule has 1 N–H and O–H groups in total. The fourth-order valence-corrected chi connectivity index (χ4v) is 3.04. The normalized spacial score (nSPS) is 26.0. The molecule has 1 aliphatic carbocycles. The maximum atomic E-state index is 11.8. The van der Waals surface area contributed by atoms with Gasteiger partial charge in [0.2, 0.25) is 0 Å². The van der Waals surface area contributed by atoms with Gasteiger partial charge in [0.25, 0.3) is 9.70 Å². The predicted octanol–water partition coefficient (Wildman–Crippen LogP) is 3.67. The average Bonchev–Trinajstić information content (AvgIpc) is 2.37. The number of amides is 1. The number of halogens is 3. The van der Waals surface area contributed by atoms with Gasteiger partial charge in [-0.25, -0.2) is 0 Å². The first-order valence-corrected chi connectivity index (χ1v) is 11.9. The van der Waals surface area contributed by atoms with Crippen molar-refractivity contribution in [3.05, 3.63) is 12.2 Å². The molecule has 0 bridgehead atoms. The van der Waals surface area contributed by atoms with Crippen LogP contribution in [0.15, 0.2) is 12.2 Å². The molecule has 0 aromatic rings. The minimum Gasteiger partial charge on any atom is -0.417 e. The Balaban J connectivity index is 2.68. The number of hydrogen-bond acceptors (Lipinski definition) is 3. The molecule has 1 aliphatic rings. The highest BCUT2D eigenvalue weighted by molar-refractivity contribution is 6.76. The second-order valence-corrected chi connectivity index (χ2v) is 13.1. The van der Waals surface area contributed by atoms with Crippen molar-refractivity contribution in [1.82, 2.24) is 5.32 Å². The van der Waals surface area contributed by atoms with Crippen LogP contribution in [-0.4, -0.2) is 43.4 Å². The number of rotatable bonds is 6. The van der Waals surface area contributed by atoms with E-state index in [9.17, 15) is 4.79 Å². The van der Waals surface area contributed by atoms with Gasteiger partial charge in [-0.1, -0.05) is 47.0 Å². The molecule has 8 heteroatoms. The van der Waals surface area contributed by atoms with Crippen LogP contribution in [0.2, 0.25) is 19.6 Å². The van der Waals surface area contributed by atoms with E-state index < -0.39 is 18.0 Å². The van der Waals surface area contributed by atoms with Gasteiger partial charge in [-0.3, -0.25) is 4.79 Å². The van der Waals surface area contributed by atoms with Gasteiger partial charge < -0.3 is 14.5 Å². The van der Waals surface area contributed by atoms with E-state index in [0.29, 0.717) is 13.2 Å². The molecule has 1 amide bonds. The number of carbonyl (C=O) groups is 1. The summed E-state index contributed by atoms with van der Waals surface area (Å²) < 4.78 is 9.71. The molecule has 22 heavy (non-hydrogen) atoms. The van der Waals surface area contributed by atoms with Crippen molar-refractivity contribution in [2.45, 2.75) is 48.9 Å². The number of ether oxygens (including phenoxy) is 1. The van der Waals surface area contributed by atoms with E-state index in [1.165, 1.54) is 0 Å². The molecule has 0 fully saturated rings. The predicted molar refractivity (Wildman–Crippen MR) is 94.2 cm³/mol. The van der Waals surface area contributed by atoms with Gasteiger partial charge in [0.05, 0.1) is 12.1 Å². The smallest absolute Gasteiger partial charge is 0.272 e. The van der Waals surface area contributed by atoms with E-state index in [2.05, 4.69) is 25.0 Å². The molecule has 128 valence electrons. The Kier molecular flexibility index (Phi) is 7.69. The Morgan fingerprint density at radius 1 is 1.32 bits per heavy atom. The lowest BCUT2D eigenvalue weighted by atomic mass is 9.90. The average molecular weight is 389 g/mol. The summed E-state index contributed by atoms with van der Waals surface area (Å²) in [6.45, 7) is 9.61. The first-order valence-electron chi connectivity index (χ1n) is 7.34. The molecule has 0 saturated carbocycles. The van der Waals surface area contributed by atoms with E-state index in [1.807, 2.05) is 19.1 Å². The van der Waals surface area contributed by atoms with Crippen molar-refractivity contribution < 1.29 is 14.0 Å². The Labute approximate surface area is 148 Å². The highest BCUT2D eigenvalue weighted by Crippen LogP contribution is 2.28. The third-order valence-electron chi connectivity index (χ3n) is 3.19. The molecule has 0 aliphatic heterocycles. The zero-order valence-corrected chi connectivity index (χ0v) is 16.6. The Morgan fingerprint density at radius 3 is 2.45 bits per heavy atom. The molecule has 0 aromatic heterocycles. The lowest BCUT2D eigenvalue weighted by Gasteiger charge is -2.33. The monoisotopic (exact) mass is 387 g/mol.